The topological polar surface area (TPSA) is 59.0 Å². The summed E-state index contributed by atoms with van der Waals surface area (Å²) >= 11 is 0. The summed E-state index contributed by atoms with van der Waals surface area (Å²) in [5.74, 6) is 0.353. The Hall–Kier alpha value is -2.82. The van der Waals surface area contributed by atoms with E-state index in [0.29, 0.717) is 6.54 Å². The van der Waals surface area contributed by atoms with Gasteiger partial charge in [0.05, 0.1) is 5.52 Å². The Kier molecular flexibility index (Phi) is 3.91. The first-order valence-corrected chi connectivity index (χ1v) is 8.22. The Morgan fingerprint density at radius 1 is 1.08 bits per heavy atom. The van der Waals surface area contributed by atoms with Crippen molar-refractivity contribution in [3.8, 4) is 0 Å². The third-order valence-electron chi connectivity index (χ3n) is 4.61. The van der Waals surface area contributed by atoms with Crippen molar-refractivity contribution in [2.45, 2.75) is 18.8 Å². The maximum Gasteiger partial charge on any atom is 0.254 e. The number of rotatable bonds is 2. The summed E-state index contributed by atoms with van der Waals surface area (Å²) in [6.07, 6.45) is 7.13. The van der Waals surface area contributed by atoms with Crippen LogP contribution in [0.3, 0.4) is 0 Å². The Bertz CT molecular complexity index is 860. The average molecular weight is 318 g/mol. The van der Waals surface area contributed by atoms with Gasteiger partial charge in [-0.2, -0.15) is 0 Å². The molecule has 0 radical (unpaired) electrons. The number of fused-ring (bicyclic) bond motifs is 1. The molecule has 2 aromatic heterocycles. The molecule has 1 aliphatic rings. The maximum atomic E-state index is 13.1. The highest BCUT2D eigenvalue weighted by atomic mass is 16.2. The van der Waals surface area contributed by atoms with Crippen LogP contribution in [0.25, 0.3) is 10.9 Å². The van der Waals surface area contributed by atoms with Crippen molar-refractivity contribution >= 4 is 16.8 Å². The number of amides is 1. The van der Waals surface area contributed by atoms with E-state index in [1.165, 1.54) is 0 Å². The molecule has 5 heteroatoms. The molecule has 1 fully saturated rings. The number of likely N-dealkylation sites (tertiary alicyclic amines) is 1. The van der Waals surface area contributed by atoms with Crippen molar-refractivity contribution in [2.75, 3.05) is 13.1 Å². The van der Waals surface area contributed by atoms with E-state index in [0.717, 1.165) is 41.5 Å². The lowest BCUT2D eigenvalue weighted by Gasteiger charge is -2.32. The number of piperidine rings is 1. The summed E-state index contributed by atoms with van der Waals surface area (Å²) < 4.78 is 0. The normalized spacial score (nSPS) is 17.8. The zero-order valence-electron chi connectivity index (χ0n) is 13.3. The predicted molar refractivity (Wildman–Crippen MR) is 91.7 cm³/mol. The van der Waals surface area contributed by atoms with Gasteiger partial charge < -0.3 is 4.90 Å². The number of nitrogens with zero attached hydrogens (tertiary/aromatic N) is 4. The molecule has 0 spiro atoms. The molecule has 1 amide bonds. The fraction of sp³-hybridized carbons (Fsp3) is 0.263. The van der Waals surface area contributed by atoms with E-state index >= 15 is 0 Å². The van der Waals surface area contributed by atoms with Gasteiger partial charge in [0.1, 0.15) is 6.33 Å². The summed E-state index contributed by atoms with van der Waals surface area (Å²) in [6.45, 7) is 1.49. The molecule has 3 aromatic rings. The molecule has 1 saturated heterocycles. The van der Waals surface area contributed by atoms with Crippen molar-refractivity contribution in [2.24, 2.45) is 0 Å². The lowest BCUT2D eigenvalue weighted by Crippen LogP contribution is -2.39. The number of carbonyl (C=O) groups excluding carboxylic acids is 1. The quantitative estimate of drug-likeness (QED) is 0.728. The largest absolute Gasteiger partial charge is 0.338 e. The number of hydrogen-bond acceptors (Lipinski definition) is 4. The zero-order valence-corrected chi connectivity index (χ0v) is 13.3. The van der Waals surface area contributed by atoms with Crippen LogP contribution in [0.4, 0.5) is 0 Å². The number of hydrogen-bond donors (Lipinski definition) is 0. The second kappa shape index (κ2) is 6.35. The number of carbonyl (C=O) groups is 1. The lowest BCUT2D eigenvalue weighted by molar-refractivity contribution is 0.0708. The molecule has 24 heavy (non-hydrogen) atoms. The second-order valence-electron chi connectivity index (χ2n) is 6.10. The number of aromatic nitrogens is 3. The third kappa shape index (κ3) is 2.73. The maximum absolute atomic E-state index is 13.1. The van der Waals surface area contributed by atoms with E-state index in [1.807, 2.05) is 41.3 Å². The third-order valence-corrected chi connectivity index (χ3v) is 4.61. The van der Waals surface area contributed by atoms with Crippen LogP contribution in [0, 0.1) is 0 Å². The summed E-state index contributed by atoms with van der Waals surface area (Å²) in [6, 6.07) is 11.5. The fourth-order valence-corrected chi connectivity index (χ4v) is 3.41. The molecule has 120 valence electrons. The van der Waals surface area contributed by atoms with Gasteiger partial charge in [0.15, 0.2) is 0 Å². The minimum atomic E-state index is 0.0763. The molecule has 0 bridgehead atoms. The highest BCUT2D eigenvalue weighted by molar-refractivity contribution is 6.06. The monoisotopic (exact) mass is 318 g/mol. The van der Waals surface area contributed by atoms with E-state index in [-0.39, 0.29) is 11.8 Å². The van der Waals surface area contributed by atoms with Crippen molar-refractivity contribution < 1.29 is 4.79 Å². The minimum Gasteiger partial charge on any atom is -0.338 e. The van der Waals surface area contributed by atoms with Gasteiger partial charge in [-0.1, -0.05) is 12.1 Å². The molecule has 1 aliphatic heterocycles. The molecule has 1 unspecified atom stereocenters. The van der Waals surface area contributed by atoms with Crippen LogP contribution < -0.4 is 0 Å². The first kappa shape index (κ1) is 14.8. The van der Waals surface area contributed by atoms with Crippen molar-refractivity contribution in [3.63, 3.8) is 0 Å². The van der Waals surface area contributed by atoms with Gasteiger partial charge in [0, 0.05) is 48.0 Å². The molecule has 1 atom stereocenters. The first-order chi connectivity index (χ1) is 11.8. The Balaban J connectivity index is 1.62. The van der Waals surface area contributed by atoms with Gasteiger partial charge in [0.2, 0.25) is 0 Å². The smallest absolute Gasteiger partial charge is 0.254 e. The molecule has 0 saturated carbocycles. The van der Waals surface area contributed by atoms with Gasteiger partial charge in [-0.15, -0.1) is 0 Å². The molecular formula is C19H18N4O. The minimum absolute atomic E-state index is 0.0763. The summed E-state index contributed by atoms with van der Waals surface area (Å²) in [4.78, 5) is 27.7. The Morgan fingerprint density at radius 3 is 2.92 bits per heavy atom. The van der Waals surface area contributed by atoms with Crippen LogP contribution in [0.15, 0.2) is 55.1 Å². The second-order valence-corrected chi connectivity index (χ2v) is 6.10. The number of pyridine rings is 1. The van der Waals surface area contributed by atoms with Crippen molar-refractivity contribution in [1.82, 2.24) is 19.9 Å². The van der Waals surface area contributed by atoms with Crippen molar-refractivity contribution in [3.05, 3.63) is 66.4 Å². The summed E-state index contributed by atoms with van der Waals surface area (Å²) in [5.41, 5.74) is 2.60. The van der Waals surface area contributed by atoms with Crippen molar-refractivity contribution in [1.29, 1.82) is 0 Å². The van der Waals surface area contributed by atoms with E-state index in [1.54, 1.807) is 18.7 Å². The summed E-state index contributed by atoms with van der Waals surface area (Å²) in [5, 5.41) is 0.911. The highest BCUT2D eigenvalue weighted by Gasteiger charge is 2.27. The molecule has 4 rings (SSSR count). The van der Waals surface area contributed by atoms with Gasteiger partial charge in [-0.3, -0.25) is 9.78 Å². The summed E-state index contributed by atoms with van der Waals surface area (Å²) in [7, 11) is 0. The van der Waals surface area contributed by atoms with Gasteiger partial charge in [0.25, 0.3) is 5.91 Å². The SMILES string of the molecule is O=C(c1cccc2ncccc12)N1CCCC(c2ccncn2)C1. The van der Waals surface area contributed by atoms with Crippen LogP contribution in [0.5, 0.6) is 0 Å². The standard InChI is InChI=1S/C19H18N4O/c24-19(16-5-1-7-18-15(16)6-2-9-21-18)23-11-3-4-14(12-23)17-8-10-20-13-22-17/h1-2,5-10,13-14H,3-4,11-12H2. The Morgan fingerprint density at radius 2 is 2.04 bits per heavy atom. The number of benzene rings is 1. The van der Waals surface area contributed by atoms with Crippen LogP contribution in [0.2, 0.25) is 0 Å². The van der Waals surface area contributed by atoms with E-state index in [2.05, 4.69) is 15.0 Å². The van der Waals surface area contributed by atoms with Crippen LogP contribution in [-0.4, -0.2) is 38.8 Å². The van der Waals surface area contributed by atoms with E-state index < -0.39 is 0 Å². The molecule has 0 N–H and O–H groups in total. The van der Waals surface area contributed by atoms with Gasteiger partial charge >= 0.3 is 0 Å². The average Bonchev–Trinajstić information content (AvgIpc) is 2.68. The van der Waals surface area contributed by atoms with E-state index in [9.17, 15) is 4.79 Å². The van der Waals surface area contributed by atoms with Gasteiger partial charge in [-0.25, -0.2) is 9.97 Å². The fourth-order valence-electron chi connectivity index (χ4n) is 3.41. The molecule has 5 nitrogen and oxygen atoms in total. The molecule has 0 aliphatic carbocycles. The lowest BCUT2D eigenvalue weighted by atomic mass is 9.94. The molecule has 3 heterocycles. The highest BCUT2D eigenvalue weighted by Crippen LogP contribution is 2.27. The molecule has 1 aromatic carbocycles. The van der Waals surface area contributed by atoms with Crippen LogP contribution in [0.1, 0.15) is 34.8 Å². The first-order valence-electron chi connectivity index (χ1n) is 8.22. The van der Waals surface area contributed by atoms with Crippen LogP contribution in [-0.2, 0) is 0 Å². The van der Waals surface area contributed by atoms with Crippen LogP contribution >= 0.6 is 0 Å². The predicted octanol–water partition coefficient (Wildman–Crippen LogP) is 3.04. The van der Waals surface area contributed by atoms with E-state index in [4.69, 9.17) is 0 Å². The zero-order chi connectivity index (χ0) is 16.4. The molecular weight excluding hydrogens is 300 g/mol. The van der Waals surface area contributed by atoms with Gasteiger partial charge in [-0.05, 0) is 37.1 Å². The Labute approximate surface area is 140 Å².